The Balaban J connectivity index is 2.35. The van der Waals surface area contributed by atoms with Crippen LogP contribution in [-0.4, -0.2) is 44.0 Å². The Morgan fingerprint density at radius 3 is 2.52 bits per heavy atom. The molecule has 1 rings (SSSR count). The van der Waals surface area contributed by atoms with E-state index >= 15 is 0 Å². The van der Waals surface area contributed by atoms with E-state index in [0.717, 1.165) is 22.5 Å². The maximum absolute atomic E-state index is 12.2. The van der Waals surface area contributed by atoms with Crippen LogP contribution >= 0.6 is 27.7 Å². The second-order valence-electron chi connectivity index (χ2n) is 5.06. The van der Waals surface area contributed by atoms with Gasteiger partial charge in [0.25, 0.3) is 0 Å². The van der Waals surface area contributed by atoms with Gasteiger partial charge in [-0.15, -0.1) is 11.8 Å². The molecular formula is C15H23BrN2O2S. The first kappa shape index (κ1) is 18.5. The first-order chi connectivity index (χ1) is 9.95. The highest BCUT2D eigenvalue weighted by atomic mass is 79.9. The minimum atomic E-state index is -0.500. The van der Waals surface area contributed by atoms with Gasteiger partial charge >= 0.3 is 0 Å². The molecule has 1 amide bonds. The number of benzene rings is 1. The van der Waals surface area contributed by atoms with E-state index in [9.17, 15) is 4.79 Å². The average molecular weight is 375 g/mol. The van der Waals surface area contributed by atoms with Crippen molar-refractivity contribution in [1.29, 1.82) is 0 Å². The predicted octanol–water partition coefficient (Wildman–Crippen LogP) is 2.67. The van der Waals surface area contributed by atoms with E-state index in [0.29, 0.717) is 13.2 Å². The molecule has 0 atom stereocenters. The molecule has 0 fully saturated rings. The van der Waals surface area contributed by atoms with E-state index in [4.69, 9.17) is 4.74 Å². The Bertz CT molecular complexity index is 438. The number of halogens is 1. The van der Waals surface area contributed by atoms with Crippen LogP contribution in [0.1, 0.15) is 13.8 Å². The van der Waals surface area contributed by atoms with Gasteiger partial charge in [-0.05, 0) is 38.1 Å². The molecule has 0 aromatic heterocycles. The lowest BCUT2D eigenvalue weighted by atomic mass is 10.2. The number of ether oxygens (including phenoxy) is 1. The summed E-state index contributed by atoms with van der Waals surface area (Å²) in [4.78, 5) is 13.3. The topological polar surface area (TPSA) is 50.4 Å². The highest BCUT2D eigenvalue weighted by molar-refractivity contribution is 9.10. The molecule has 2 N–H and O–H groups in total. The van der Waals surface area contributed by atoms with E-state index in [1.807, 2.05) is 38.1 Å². The molecule has 0 aliphatic carbocycles. The third-order valence-electron chi connectivity index (χ3n) is 2.80. The van der Waals surface area contributed by atoms with E-state index < -0.39 is 4.75 Å². The summed E-state index contributed by atoms with van der Waals surface area (Å²) in [6.07, 6.45) is 0. The number of methoxy groups -OCH3 is 1. The van der Waals surface area contributed by atoms with Crippen molar-refractivity contribution in [2.24, 2.45) is 0 Å². The largest absolute Gasteiger partial charge is 0.383 e. The molecule has 0 heterocycles. The molecule has 0 saturated heterocycles. The van der Waals surface area contributed by atoms with Crippen LogP contribution in [0.2, 0.25) is 0 Å². The fourth-order valence-corrected chi connectivity index (χ4v) is 2.91. The SMILES string of the molecule is COCCNCCNC(=O)C(C)(C)Sc1ccc(Br)cc1. The highest BCUT2D eigenvalue weighted by Gasteiger charge is 2.28. The van der Waals surface area contributed by atoms with Gasteiger partial charge in [-0.1, -0.05) is 15.9 Å². The zero-order valence-corrected chi connectivity index (χ0v) is 15.1. The Morgan fingerprint density at radius 1 is 1.24 bits per heavy atom. The van der Waals surface area contributed by atoms with E-state index in [1.54, 1.807) is 18.9 Å². The molecule has 0 unspecified atom stereocenters. The summed E-state index contributed by atoms with van der Waals surface area (Å²) in [7, 11) is 1.67. The minimum Gasteiger partial charge on any atom is -0.383 e. The Labute approximate surface area is 139 Å². The molecule has 1 aromatic carbocycles. The molecule has 0 bridgehead atoms. The predicted molar refractivity (Wildman–Crippen MR) is 91.8 cm³/mol. The van der Waals surface area contributed by atoms with Crippen LogP contribution in [0.3, 0.4) is 0 Å². The maximum Gasteiger partial charge on any atom is 0.236 e. The molecule has 118 valence electrons. The molecule has 6 heteroatoms. The van der Waals surface area contributed by atoms with Gasteiger partial charge in [0.05, 0.1) is 11.4 Å². The number of carbonyl (C=O) groups excluding carboxylic acids is 1. The van der Waals surface area contributed by atoms with Crippen molar-refractivity contribution >= 4 is 33.6 Å². The molecule has 4 nitrogen and oxygen atoms in total. The lowest BCUT2D eigenvalue weighted by Gasteiger charge is -2.23. The third kappa shape index (κ3) is 7.31. The number of nitrogens with one attached hydrogen (secondary N) is 2. The van der Waals surface area contributed by atoms with Crippen molar-refractivity contribution in [1.82, 2.24) is 10.6 Å². The number of hydrogen-bond acceptors (Lipinski definition) is 4. The molecule has 21 heavy (non-hydrogen) atoms. The van der Waals surface area contributed by atoms with Gasteiger partial charge in [-0.2, -0.15) is 0 Å². The van der Waals surface area contributed by atoms with E-state index in [2.05, 4.69) is 26.6 Å². The Morgan fingerprint density at radius 2 is 1.90 bits per heavy atom. The molecule has 1 aromatic rings. The molecule has 0 radical (unpaired) electrons. The summed E-state index contributed by atoms with van der Waals surface area (Å²) < 4.78 is 5.48. The van der Waals surface area contributed by atoms with Crippen LogP contribution in [0.4, 0.5) is 0 Å². The van der Waals surface area contributed by atoms with Gasteiger partial charge in [0.1, 0.15) is 0 Å². The first-order valence-corrected chi connectivity index (χ1v) is 8.49. The Kier molecular flexibility index (Phi) is 8.33. The normalized spacial score (nSPS) is 11.4. The average Bonchev–Trinajstić information content (AvgIpc) is 2.44. The number of carbonyl (C=O) groups is 1. The number of amides is 1. The van der Waals surface area contributed by atoms with Crippen molar-refractivity contribution in [2.75, 3.05) is 33.4 Å². The van der Waals surface area contributed by atoms with Crippen molar-refractivity contribution in [2.45, 2.75) is 23.5 Å². The lowest BCUT2D eigenvalue weighted by Crippen LogP contribution is -2.42. The summed E-state index contributed by atoms with van der Waals surface area (Å²) >= 11 is 4.97. The standard InChI is InChI=1S/C15H23BrN2O2S/c1-15(2,21-13-6-4-12(16)5-7-13)14(19)18-9-8-17-10-11-20-3/h4-7,17H,8-11H2,1-3H3,(H,18,19). The van der Waals surface area contributed by atoms with E-state index in [1.165, 1.54) is 0 Å². The van der Waals surface area contributed by atoms with Crippen LogP contribution in [0.15, 0.2) is 33.6 Å². The fourth-order valence-electron chi connectivity index (χ4n) is 1.62. The van der Waals surface area contributed by atoms with E-state index in [-0.39, 0.29) is 5.91 Å². The first-order valence-electron chi connectivity index (χ1n) is 6.88. The van der Waals surface area contributed by atoms with Crippen LogP contribution in [0, 0.1) is 0 Å². The van der Waals surface area contributed by atoms with Gasteiger partial charge in [-0.3, -0.25) is 4.79 Å². The van der Waals surface area contributed by atoms with Gasteiger partial charge in [-0.25, -0.2) is 0 Å². The quantitative estimate of drug-likeness (QED) is 0.515. The summed E-state index contributed by atoms with van der Waals surface area (Å²) in [6.45, 7) is 6.71. The number of rotatable bonds is 9. The van der Waals surface area contributed by atoms with Crippen LogP contribution in [0.5, 0.6) is 0 Å². The summed E-state index contributed by atoms with van der Waals surface area (Å²) in [5.74, 6) is 0.0453. The Hall–Kier alpha value is -0.560. The van der Waals surface area contributed by atoms with Gasteiger partial charge in [0.2, 0.25) is 5.91 Å². The second-order valence-corrected chi connectivity index (χ2v) is 7.68. The van der Waals surface area contributed by atoms with Gasteiger partial charge in [0, 0.05) is 36.1 Å². The van der Waals surface area contributed by atoms with Gasteiger partial charge < -0.3 is 15.4 Å². The molecule has 0 saturated carbocycles. The minimum absolute atomic E-state index is 0.0453. The second kappa shape index (κ2) is 9.46. The summed E-state index contributed by atoms with van der Waals surface area (Å²) in [6, 6.07) is 7.98. The molecule has 0 aliphatic heterocycles. The van der Waals surface area contributed by atoms with Crippen LogP contribution < -0.4 is 10.6 Å². The van der Waals surface area contributed by atoms with Crippen LogP contribution in [0.25, 0.3) is 0 Å². The third-order valence-corrected chi connectivity index (χ3v) is 4.54. The van der Waals surface area contributed by atoms with Crippen molar-refractivity contribution in [3.05, 3.63) is 28.7 Å². The fraction of sp³-hybridized carbons (Fsp3) is 0.533. The molecular weight excluding hydrogens is 352 g/mol. The number of hydrogen-bond donors (Lipinski definition) is 2. The van der Waals surface area contributed by atoms with Crippen molar-refractivity contribution < 1.29 is 9.53 Å². The highest BCUT2D eigenvalue weighted by Crippen LogP contribution is 2.33. The van der Waals surface area contributed by atoms with Crippen LogP contribution in [-0.2, 0) is 9.53 Å². The summed E-state index contributed by atoms with van der Waals surface area (Å²) in [5, 5.41) is 6.16. The monoisotopic (exact) mass is 374 g/mol. The maximum atomic E-state index is 12.2. The number of thioether (sulfide) groups is 1. The smallest absolute Gasteiger partial charge is 0.236 e. The van der Waals surface area contributed by atoms with Crippen molar-refractivity contribution in [3.63, 3.8) is 0 Å². The zero-order chi connectivity index (χ0) is 15.7. The lowest BCUT2D eigenvalue weighted by molar-refractivity contribution is -0.122. The summed E-state index contributed by atoms with van der Waals surface area (Å²) in [5.41, 5.74) is 0. The zero-order valence-electron chi connectivity index (χ0n) is 12.7. The van der Waals surface area contributed by atoms with Gasteiger partial charge in [0.15, 0.2) is 0 Å². The molecule has 0 aliphatic rings. The van der Waals surface area contributed by atoms with Crippen molar-refractivity contribution in [3.8, 4) is 0 Å². The molecule has 0 spiro atoms.